The molecule has 2 rings (SSSR count). The Morgan fingerprint density at radius 1 is 0.905 bits per heavy atom. The molecule has 112 valence electrons. The molecule has 1 N–H and O–H groups in total. The Morgan fingerprint density at radius 3 is 2.19 bits per heavy atom. The van der Waals surface area contributed by atoms with Gasteiger partial charge in [0.1, 0.15) is 0 Å². The van der Waals surface area contributed by atoms with Crippen molar-refractivity contribution in [1.82, 2.24) is 0 Å². The molecule has 0 saturated carbocycles. The summed E-state index contributed by atoms with van der Waals surface area (Å²) >= 11 is 17.4. The Labute approximate surface area is 134 Å². The first-order valence-corrected chi connectivity index (χ1v) is 6.95. The van der Waals surface area contributed by atoms with E-state index in [0.717, 1.165) is 6.07 Å². The Hall–Kier alpha value is -1.10. The van der Waals surface area contributed by atoms with Crippen molar-refractivity contribution in [3.8, 4) is 0 Å². The molecule has 0 radical (unpaired) electrons. The van der Waals surface area contributed by atoms with Crippen LogP contribution in [0, 0.1) is 0 Å². The molecule has 2 aromatic rings. The van der Waals surface area contributed by atoms with Crippen LogP contribution in [-0.4, -0.2) is 0 Å². The number of hydrogen-bond donors (Lipinski definition) is 1. The number of rotatable bonds is 3. The van der Waals surface area contributed by atoms with Gasteiger partial charge in [0.15, 0.2) is 0 Å². The maximum absolute atomic E-state index is 13.0. The summed E-state index contributed by atoms with van der Waals surface area (Å²) in [6, 6.07) is 8.34. The van der Waals surface area contributed by atoms with E-state index in [-0.39, 0.29) is 17.3 Å². The van der Waals surface area contributed by atoms with E-state index < -0.39 is 11.7 Å². The van der Waals surface area contributed by atoms with Crippen molar-refractivity contribution in [2.24, 2.45) is 0 Å². The zero-order valence-electron chi connectivity index (χ0n) is 10.4. The lowest BCUT2D eigenvalue weighted by Crippen LogP contribution is -2.11. The summed E-state index contributed by atoms with van der Waals surface area (Å²) in [5, 5.41) is 3.62. The van der Waals surface area contributed by atoms with Gasteiger partial charge in [-0.25, -0.2) is 0 Å². The van der Waals surface area contributed by atoms with Crippen molar-refractivity contribution in [3.63, 3.8) is 0 Å². The van der Waals surface area contributed by atoms with Crippen molar-refractivity contribution >= 4 is 40.5 Å². The van der Waals surface area contributed by atoms with Crippen LogP contribution in [-0.2, 0) is 12.7 Å². The van der Waals surface area contributed by atoms with Crippen LogP contribution in [0.15, 0.2) is 36.4 Å². The second-order valence-electron chi connectivity index (χ2n) is 4.28. The summed E-state index contributed by atoms with van der Waals surface area (Å²) in [4.78, 5) is 0. The lowest BCUT2D eigenvalue weighted by Gasteiger charge is -2.15. The van der Waals surface area contributed by atoms with E-state index in [1.165, 1.54) is 12.1 Å². The number of hydrogen-bond acceptors (Lipinski definition) is 1. The van der Waals surface area contributed by atoms with Crippen LogP contribution < -0.4 is 5.32 Å². The highest BCUT2D eigenvalue weighted by molar-refractivity contribution is 6.33. The summed E-state index contributed by atoms with van der Waals surface area (Å²) in [5.41, 5.74) is -0.289. The molecule has 21 heavy (non-hydrogen) atoms. The Kier molecular flexibility index (Phi) is 4.91. The summed E-state index contributed by atoms with van der Waals surface area (Å²) in [5.74, 6) is 0. The molecule has 0 atom stereocenters. The van der Waals surface area contributed by atoms with E-state index in [1.54, 1.807) is 18.2 Å². The molecular formula is C14H9Cl3F3N. The van der Waals surface area contributed by atoms with Crippen molar-refractivity contribution in [3.05, 3.63) is 62.6 Å². The summed E-state index contributed by atoms with van der Waals surface area (Å²) in [7, 11) is 0. The number of halogens is 6. The molecule has 0 spiro atoms. The number of anilines is 1. The highest BCUT2D eigenvalue weighted by atomic mass is 35.5. The average Bonchev–Trinajstić information content (AvgIpc) is 2.40. The summed E-state index contributed by atoms with van der Waals surface area (Å²) in [6.45, 7) is 0.115. The van der Waals surface area contributed by atoms with Crippen molar-refractivity contribution in [2.75, 3.05) is 5.32 Å². The molecular weight excluding hydrogens is 346 g/mol. The van der Waals surface area contributed by atoms with E-state index >= 15 is 0 Å². The maximum Gasteiger partial charge on any atom is 0.418 e. The Bertz CT molecular complexity index is 656. The van der Waals surface area contributed by atoms with E-state index in [0.29, 0.717) is 15.6 Å². The van der Waals surface area contributed by atoms with Crippen LogP contribution in [0.5, 0.6) is 0 Å². The van der Waals surface area contributed by atoms with E-state index in [4.69, 9.17) is 34.8 Å². The van der Waals surface area contributed by atoms with Gasteiger partial charge in [-0.05, 0) is 42.0 Å². The van der Waals surface area contributed by atoms with Gasteiger partial charge < -0.3 is 5.32 Å². The van der Waals surface area contributed by atoms with Crippen LogP contribution in [0.2, 0.25) is 15.1 Å². The minimum absolute atomic E-state index is 0.0219. The zero-order valence-corrected chi connectivity index (χ0v) is 12.7. The molecule has 0 amide bonds. The van der Waals surface area contributed by atoms with Crippen molar-refractivity contribution in [2.45, 2.75) is 12.7 Å². The third kappa shape index (κ3) is 4.19. The fraction of sp³-hybridized carbons (Fsp3) is 0.143. The van der Waals surface area contributed by atoms with Crippen LogP contribution >= 0.6 is 34.8 Å². The highest BCUT2D eigenvalue weighted by Crippen LogP contribution is 2.36. The predicted molar refractivity (Wildman–Crippen MR) is 80.2 cm³/mol. The molecule has 7 heteroatoms. The fourth-order valence-corrected chi connectivity index (χ4v) is 2.33. The summed E-state index contributed by atoms with van der Waals surface area (Å²) < 4.78 is 38.9. The van der Waals surface area contributed by atoms with E-state index in [1.807, 2.05) is 0 Å². The minimum Gasteiger partial charge on any atom is -0.380 e. The van der Waals surface area contributed by atoms with Gasteiger partial charge in [-0.3, -0.25) is 0 Å². The molecule has 2 aromatic carbocycles. The molecule has 1 nitrogen and oxygen atoms in total. The number of alkyl halides is 3. The second-order valence-corrected chi connectivity index (χ2v) is 5.56. The molecule has 0 unspecified atom stereocenters. The van der Waals surface area contributed by atoms with Gasteiger partial charge >= 0.3 is 6.18 Å². The molecule has 0 aliphatic rings. The molecule has 0 saturated heterocycles. The topological polar surface area (TPSA) is 12.0 Å². The third-order valence-electron chi connectivity index (χ3n) is 2.76. The van der Waals surface area contributed by atoms with Gasteiger partial charge in [0.2, 0.25) is 0 Å². The smallest absolute Gasteiger partial charge is 0.380 e. The maximum atomic E-state index is 13.0. The number of nitrogens with one attached hydrogen (secondary N) is 1. The third-order valence-corrected chi connectivity index (χ3v) is 3.60. The number of benzene rings is 2. The van der Waals surface area contributed by atoms with Crippen LogP contribution in [0.1, 0.15) is 11.1 Å². The van der Waals surface area contributed by atoms with Gasteiger partial charge in [-0.2, -0.15) is 13.2 Å². The largest absolute Gasteiger partial charge is 0.418 e. The van der Waals surface area contributed by atoms with Gasteiger partial charge in [-0.1, -0.05) is 34.8 Å². The molecule has 0 bridgehead atoms. The average molecular weight is 355 g/mol. The summed E-state index contributed by atoms with van der Waals surface area (Å²) in [6.07, 6.45) is -4.49. The first-order chi connectivity index (χ1) is 9.77. The predicted octanol–water partition coefficient (Wildman–Crippen LogP) is 6.28. The van der Waals surface area contributed by atoms with Crippen molar-refractivity contribution in [1.29, 1.82) is 0 Å². The van der Waals surface area contributed by atoms with Crippen LogP contribution in [0.25, 0.3) is 0 Å². The highest BCUT2D eigenvalue weighted by Gasteiger charge is 2.33. The minimum atomic E-state index is -4.49. The monoisotopic (exact) mass is 353 g/mol. The molecule has 0 aliphatic heterocycles. The van der Waals surface area contributed by atoms with Crippen molar-refractivity contribution < 1.29 is 13.2 Å². The van der Waals surface area contributed by atoms with Gasteiger partial charge in [0, 0.05) is 27.3 Å². The fourth-order valence-electron chi connectivity index (χ4n) is 1.77. The lowest BCUT2D eigenvalue weighted by atomic mass is 10.1. The van der Waals surface area contributed by atoms with E-state index in [9.17, 15) is 13.2 Å². The van der Waals surface area contributed by atoms with Crippen LogP contribution in [0.4, 0.5) is 18.9 Å². The quantitative estimate of drug-likeness (QED) is 0.684. The molecule has 0 fully saturated rings. The standard InChI is InChI=1S/C14H9Cl3F3N/c15-9-1-3-12(17)8(5-9)7-21-13-4-2-10(16)6-11(13)14(18,19)20/h1-6,21H,7H2. The van der Waals surface area contributed by atoms with E-state index in [2.05, 4.69) is 5.32 Å². The van der Waals surface area contributed by atoms with Gasteiger partial charge in [0.25, 0.3) is 0 Å². The Balaban J connectivity index is 2.26. The second kappa shape index (κ2) is 6.34. The Morgan fingerprint density at radius 2 is 1.52 bits per heavy atom. The molecule has 0 heterocycles. The first-order valence-electron chi connectivity index (χ1n) is 5.82. The molecule has 0 aromatic heterocycles. The van der Waals surface area contributed by atoms with Gasteiger partial charge in [-0.15, -0.1) is 0 Å². The lowest BCUT2D eigenvalue weighted by molar-refractivity contribution is -0.136. The van der Waals surface area contributed by atoms with Crippen LogP contribution in [0.3, 0.4) is 0 Å². The SMILES string of the molecule is FC(F)(F)c1cc(Cl)ccc1NCc1cc(Cl)ccc1Cl. The first kappa shape index (κ1) is 16.3. The molecule has 0 aliphatic carbocycles. The zero-order chi connectivity index (χ0) is 15.6. The normalized spacial score (nSPS) is 11.5. The van der Waals surface area contributed by atoms with Gasteiger partial charge in [0.05, 0.1) is 5.56 Å².